The van der Waals surface area contributed by atoms with E-state index in [2.05, 4.69) is 9.82 Å². The molecule has 146 valence electrons. The van der Waals surface area contributed by atoms with E-state index in [0.717, 1.165) is 19.3 Å². The van der Waals surface area contributed by atoms with Crippen molar-refractivity contribution >= 4 is 11.7 Å². The summed E-state index contributed by atoms with van der Waals surface area (Å²) in [5.41, 5.74) is -0.852. The molecule has 0 N–H and O–H groups in total. The van der Waals surface area contributed by atoms with E-state index in [0.29, 0.717) is 36.8 Å². The summed E-state index contributed by atoms with van der Waals surface area (Å²) in [7, 11) is 1.12. The maximum atomic E-state index is 12.5. The third kappa shape index (κ3) is 5.48. The summed E-state index contributed by atoms with van der Waals surface area (Å²) in [5.74, 6) is -0.723. The van der Waals surface area contributed by atoms with Crippen LogP contribution >= 0.6 is 0 Å². The minimum Gasteiger partial charge on any atom is -0.357 e. The molecule has 2 heterocycles. The van der Waals surface area contributed by atoms with Gasteiger partial charge >= 0.3 is 12.4 Å². The number of alkyl halides is 6. The summed E-state index contributed by atoms with van der Waals surface area (Å²) >= 11 is 0. The maximum Gasteiger partial charge on any atom is 0.417 e. The van der Waals surface area contributed by atoms with Crippen molar-refractivity contribution in [3.8, 4) is 0 Å². The third-order valence-corrected chi connectivity index (χ3v) is 3.98. The lowest BCUT2D eigenvalue weighted by Gasteiger charge is -2.33. The van der Waals surface area contributed by atoms with Gasteiger partial charge in [-0.05, 0) is 25.0 Å². The van der Waals surface area contributed by atoms with Crippen molar-refractivity contribution < 1.29 is 36.0 Å². The molecule has 0 aromatic carbocycles. The highest BCUT2D eigenvalue weighted by molar-refractivity contribution is 5.77. The fraction of sp³-hybridized carbons (Fsp3) is 0.600. The van der Waals surface area contributed by atoms with Crippen LogP contribution in [0.3, 0.4) is 0 Å². The summed E-state index contributed by atoms with van der Waals surface area (Å²) in [4.78, 5) is 22.0. The van der Waals surface area contributed by atoms with E-state index in [9.17, 15) is 31.1 Å². The number of amides is 1. The Morgan fingerprint density at radius 1 is 1.23 bits per heavy atom. The fourth-order valence-corrected chi connectivity index (χ4v) is 2.59. The van der Waals surface area contributed by atoms with Crippen LogP contribution in [0.2, 0.25) is 0 Å². The Kier molecular flexibility index (Phi) is 5.99. The molecular formula is C15H17F6N3O2. The quantitative estimate of drug-likeness (QED) is 0.590. The van der Waals surface area contributed by atoms with Gasteiger partial charge in [0, 0.05) is 32.3 Å². The molecule has 0 saturated carbocycles. The molecule has 1 aliphatic rings. The number of halogens is 6. The second-order valence-electron chi connectivity index (χ2n) is 5.89. The van der Waals surface area contributed by atoms with Gasteiger partial charge in [0.05, 0.1) is 5.56 Å². The predicted molar refractivity (Wildman–Crippen MR) is 79.0 cm³/mol. The van der Waals surface area contributed by atoms with Crippen LogP contribution in [0.5, 0.6) is 0 Å². The van der Waals surface area contributed by atoms with Crippen molar-refractivity contribution in [3.63, 3.8) is 0 Å². The molecule has 2 rings (SSSR count). The zero-order valence-corrected chi connectivity index (χ0v) is 13.8. The van der Waals surface area contributed by atoms with Gasteiger partial charge in [-0.3, -0.25) is 9.63 Å². The van der Waals surface area contributed by atoms with Crippen LogP contribution in [-0.2, 0) is 15.8 Å². The van der Waals surface area contributed by atoms with Crippen LogP contribution in [0.1, 0.15) is 18.4 Å². The third-order valence-electron chi connectivity index (χ3n) is 3.98. The standard InChI is InChI=1S/C15H17F6N3O2/c1-23(26-9-14(16,17)18)13(25)10-4-6-24(7-5-10)12-3-2-11(8-22-12)15(19,20)21/h2-3,8,10H,4-7,9H2,1H3. The van der Waals surface area contributed by atoms with Gasteiger partial charge in [-0.25, -0.2) is 10.0 Å². The Labute approximate surface area is 145 Å². The Bertz CT molecular complexity index is 609. The highest BCUT2D eigenvalue weighted by Gasteiger charge is 2.33. The molecule has 1 aromatic heterocycles. The Morgan fingerprint density at radius 2 is 1.85 bits per heavy atom. The number of piperidine rings is 1. The molecule has 0 spiro atoms. The van der Waals surface area contributed by atoms with E-state index in [1.54, 1.807) is 4.90 Å². The van der Waals surface area contributed by atoms with Gasteiger partial charge in [0.1, 0.15) is 5.82 Å². The summed E-state index contributed by atoms with van der Waals surface area (Å²) in [6.07, 6.45) is -7.59. The van der Waals surface area contributed by atoms with E-state index in [4.69, 9.17) is 0 Å². The molecule has 11 heteroatoms. The normalized spacial score (nSPS) is 16.7. The first-order valence-electron chi connectivity index (χ1n) is 7.73. The van der Waals surface area contributed by atoms with Crippen molar-refractivity contribution in [2.75, 3.05) is 31.6 Å². The van der Waals surface area contributed by atoms with Gasteiger partial charge in [-0.15, -0.1) is 0 Å². The van der Waals surface area contributed by atoms with Gasteiger partial charge in [-0.1, -0.05) is 0 Å². The van der Waals surface area contributed by atoms with Gasteiger partial charge in [0.15, 0.2) is 6.61 Å². The molecule has 0 aliphatic carbocycles. The molecule has 26 heavy (non-hydrogen) atoms. The second kappa shape index (κ2) is 7.68. The molecule has 0 atom stereocenters. The van der Waals surface area contributed by atoms with Gasteiger partial charge in [-0.2, -0.15) is 26.3 Å². The van der Waals surface area contributed by atoms with Crippen molar-refractivity contribution in [2.45, 2.75) is 25.2 Å². The van der Waals surface area contributed by atoms with E-state index in [1.807, 2.05) is 0 Å². The molecule has 0 unspecified atom stereocenters. The molecule has 1 amide bonds. The average Bonchev–Trinajstić information content (AvgIpc) is 2.58. The number of anilines is 1. The van der Waals surface area contributed by atoms with E-state index >= 15 is 0 Å². The number of carbonyl (C=O) groups is 1. The summed E-state index contributed by atoms with van der Waals surface area (Å²) in [5, 5.41) is 0.587. The van der Waals surface area contributed by atoms with Crippen LogP contribution < -0.4 is 4.90 Å². The van der Waals surface area contributed by atoms with Crippen molar-refractivity contribution in [3.05, 3.63) is 23.9 Å². The lowest BCUT2D eigenvalue weighted by molar-refractivity contribution is -0.242. The SMILES string of the molecule is CN(OCC(F)(F)F)C(=O)C1CCN(c2ccc(C(F)(F)F)cn2)CC1. The first-order chi connectivity index (χ1) is 12.0. The molecule has 5 nitrogen and oxygen atoms in total. The maximum absolute atomic E-state index is 12.5. The lowest BCUT2D eigenvalue weighted by atomic mass is 9.96. The van der Waals surface area contributed by atoms with Crippen molar-refractivity contribution in [1.29, 1.82) is 0 Å². The molecular weight excluding hydrogens is 368 g/mol. The highest BCUT2D eigenvalue weighted by Crippen LogP contribution is 2.30. The molecule has 1 fully saturated rings. The first-order valence-corrected chi connectivity index (χ1v) is 7.73. The number of aromatic nitrogens is 1. The summed E-state index contributed by atoms with van der Waals surface area (Å²) in [6, 6.07) is 2.18. The number of hydrogen-bond donors (Lipinski definition) is 0. The molecule has 1 saturated heterocycles. The van der Waals surface area contributed by atoms with Crippen molar-refractivity contribution in [1.82, 2.24) is 10.0 Å². The minimum absolute atomic E-state index is 0.335. The van der Waals surface area contributed by atoms with Crippen LogP contribution in [0, 0.1) is 5.92 Å². The summed E-state index contributed by atoms with van der Waals surface area (Å²) in [6.45, 7) is -0.854. The average molecular weight is 385 g/mol. The number of pyridine rings is 1. The first kappa shape index (κ1) is 20.3. The Balaban J connectivity index is 1.87. The fourth-order valence-electron chi connectivity index (χ4n) is 2.59. The zero-order chi connectivity index (χ0) is 19.5. The van der Waals surface area contributed by atoms with Crippen molar-refractivity contribution in [2.24, 2.45) is 5.92 Å². The predicted octanol–water partition coefficient (Wildman–Crippen LogP) is 3.27. The smallest absolute Gasteiger partial charge is 0.357 e. The lowest BCUT2D eigenvalue weighted by Crippen LogP contribution is -2.42. The number of hydrogen-bond acceptors (Lipinski definition) is 4. The Morgan fingerprint density at radius 3 is 2.31 bits per heavy atom. The molecule has 1 aromatic rings. The molecule has 1 aliphatic heterocycles. The van der Waals surface area contributed by atoms with Crippen LogP contribution in [-0.4, -0.2) is 48.9 Å². The van der Waals surface area contributed by atoms with Gasteiger partial charge in [0.2, 0.25) is 5.91 Å². The van der Waals surface area contributed by atoms with E-state index < -0.39 is 36.3 Å². The topological polar surface area (TPSA) is 45.7 Å². The minimum atomic E-state index is -4.54. The van der Waals surface area contributed by atoms with Crippen LogP contribution in [0.4, 0.5) is 32.2 Å². The zero-order valence-electron chi connectivity index (χ0n) is 13.8. The number of carbonyl (C=O) groups excluding carboxylic acids is 1. The largest absolute Gasteiger partial charge is 0.417 e. The number of nitrogens with zero attached hydrogens (tertiary/aromatic N) is 3. The van der Waals surface area contributed by atoms with Gasteiger partial charge in [0.25, 0.3) is 0 Å². The monoisotopic (exact) mass is 385 g/mol. The van der Waals surface area contributed by atoms with Crippen LogP contribution in [0.25, 0.3) is 0 Å². The second-order valence-corrected chi connectivity index (χ2v) is 5.89. The number of rotatable bonds is 4. The Hall–Kier alpha value is -2.04. The van der Waals surface area contributed by atoms with Gasteiger partial charge < -0.3 is 4.90 Å². The molecule has 0 radical (unpaired) electrons. The summed E-state index contributed by atoms with van der Waals surface area (Å²) < 4.78 is 74.0. The highest BCUT2D eigenvalue weighted by atomic mass is 19.4. The molecule has 0 bridgehead atoms. The number of hydroxylamine groups is 2. The van der Waals surface area contributed by atoms with E-state index in [1.165, 1.54) is 6.07 Å². The van der Waals surface area contributed by atoms with E-state index in [-0.39, 0.29) is 0 Å². The van der Waals surface area contributed by atoms with Crippen LogP contribution in [0.15, 0.2) is 18.3 Å².